The summed E-state index contributed by atoms with van der Waals surface area (Å²) in [7, 11) is 0. The van der Waals surface area contributed by atoms with E-state index >= 15 is 0 Å². The maximum absolute atomic E-state index is 11.8. The van der Waals surface area contributed by atoms with E-state index in [1.807, 2.05) is 5.32 Å². The molecule has 2 atom stereocenters. The number of carboxylic acid groups (broad SMARTS) is 1. The van der Waals surface area contributed by atoms with E-state index in [2.05, 4.69) is 10.6 Å². The van der Waals surface area contributed by atoms with Crippen LogP contribution in [0.15, 0.2) is 0 Å². The van der Waals surface area contributed by atoms with Gasteiger partial charge in [-0.2, -0.15) is 0 Å². The van der Waals surface area contributed by atoms with Crippen molar-refractivity contribution in [3.63, 3.8) is 0 Å². The van der Waals surface area contributed by atoms with Gasteiger partial charge in [-0.15, -0.1) is 0 Å². The van der Waals surface area contributed by atoms with Crippen molar-refractivity contribution in [1.82, 2.24) is 16.0 Å². The largest absolute Gasteiger partial charge is 0.548 e. The second-order valence-electron chi connectivity index (χ2n) is 4.48. The Morgan fingerprint density at radius 3 is 2.52 bits per heavy atom. The molecule has 0 saturated carbocycles. The van der Waals surface area contributed by atoms with Crippen LogP contribution in [0.3, 0.4) is 0 Å². The van der Waals surface area contributed by atoms with E-state index < -0.39 is 48.7 Å². The molecular weight excluding hydrogens is 284 g/mol. The average molecular weight is 299 g/mol. The lowest BCUT2D eigenvalue weighted by Gasteiger charge is -2.19. The van der Waals surface area contributed by atoms with E-state index in [1.165, 1.54) is 0 Å². The molecule has 0 bridgehead atoms. The second kappa shape index (κ2) is 7.22. The summed E-state index contributed by atoms with van der Waals surface area (Å²) in [5, 5.41) is 16.9. The van der Waals surface area contributed by atoms with Gasteiger partial charge in [0.15, 0.2) is 0 Å². The molecule has 1 fully saturated rings. The molecule has 0 spiro atoms. The van der Waals surface area contributed by atoms with Gasteiger partial charge in [0, 0.05) is 6.42 Å². The van der Waals surface area contributed by atoms with Gasteiger partial charge in [-0.05, 0) is 6.42 Å². The fraction of sp³-hybridized carbons (Fsp3) is 0.545. The Hall–Kier alpha value is -2.65. The highest BCUT2D eigenvalue weighted by Gasteiger charge is 2.30. The van der Waals surface area contributed by atoms with Crippen molar-refractivity contribution < 1.29 is 29.1 Å². The van der Waals surface area contributed by atoms with Gasteiger partial charge in [-0.3, -0.25) is 19.2 Å². The standard InChI is InChI=1S/C11H16N4O6/c12-7(16)3-6(10(20)13-4-9(18)19)15-11(21)5-1-2-8(17)14-5/h5-6H,1-4H2,(H2,12,16)(H,13,20)(H,14,17)(H,15,21)(H,18,19)/p-1/t5-,6-/m0/s1. The number of carbonyl (C=O) groups is 5. The summed E-state index contributed by atoms with van der Waals surface area (Å²) >= 11 is 0. The Labute approximate surface area is 119 Å². The molecule has 0 radical (unpaired) electrons. The van der Waals surface area contributed by atoms with Crippen LogP contribution in [0.5, 0.6) is 0 Å². The van der Waals surface area contributed by atoms with Crippen LogP contribution in [-0.4, -0.2) is 48.2 Å². The number of hydrogen-bond acceptors (Lipinski definition) is 6. The van der Waals surface area contributed by atoms with Crippen molar-refractivity contribution in [2.75, 3.05) is 6.54 Å². The molecule has 0 unspecified atom stereocenters. The molecule has 1 heterocycles. The first-order valence-electron chi connectivity index (χ1n) is 6.15. The van der Waals surface area contributed by atoms with Crippen LogP contribution in [-0.2, 0) is 24.0 Å². The fourth-order valence-corrected chi connectivity index (χ4v) is 1.78. The molecule has 10 nitrogen and oxygen atoms in total. The molecule has 1 aliphatic heterocycles. The third kappa shape index (κ3) is 5.47. The van der Waals surface area contributed by atoms with E-state index in [0.717, 1.165) is 0 Å². The molecule has 10 heteroatoms. The van der Waals surface area contributed by atoms with Crippen molar-refractivity contribution >= 4 is 29.6 Å². The summed E-state index contributed by atoms with van der Waals surface area (Å²) in [6.07, 6.45) is -0.0324. The van der Waals surface area contributed by atoms with Crippen molar-refractivity contribution in [2.45, 2.75) is 31.3 Å². The molecule has 0 aromatic carbocycles. The summed E-state index contributed by atoms with van der Waals surface area (Å²) in [5.41, 5.74) is 4.97. The lowest BCUT2D eigenvalue weighted by Crippen LogP contribution is -2.54. The van der Waals surface area contributed by atoms with Crippen molar-refractivity contribution in [3.8, 4) is 0 Å². The molecule has 5 N–H and O–H groups in total. The SMILES string of the molecule is NC(=O)C[C@H](NC(=O)[C@@H]1CCC(=O)N1)C(=O)NCC(=O)[O-]. The van der Waals surface area contributed by atoms with Gasteiger partial charge in [-0.25, -0.2) is 0 Å². The highest BCUT2D eigenvalue weighted by atomic mass is 16.4. The van der Waals surface area contributed by atoms with Crippen molar-refractivity contribution in [2.24, 2.45) is 5.73 Å². The molecule has 1 aliphatic rings. The van der Waals surface area contributed by atoms with Crippen LogP contribution >= 0.6 is 0 Å². The van der Waals surface area contributed by atoms with Crippen molar-refractivity contribution in [3.05, 3.63) is 0 Å². The number of carboxylic acids is 1. The first-order valence-corrected chi connectivity index (χ1v) is 6.15. The Kier molecular flexibility index (Phi) is 5.64. The van der Waals surface area contributed by atoms with Gasteiger partial charge in [-0.1, -0.05) is 0 Å². The first-order chi connectivity index (χ1) is 9.79. The van der Waals surface area contributed by atoms with Gasteiger partial charge in [0.2, 0.25) is 23.6 Å². The Morgan fingerprint density at radius 2 is 2.05 bits per heavy atom. The molecule has 0 aliphatic carbocycles. The number of amides is 4. The van der Waals surface area contributed by atoms with E-state index in [-0.39, 0.29) is 18.7 Å². The molecule has 1 saturated heterocycles. The maximum atomic E-state index is 11.8. The molecule has 1 rings (SSSR count). The zero-order valence-corrected chi connectivity index (χ0v) is 11.0. The van der Waals surface area contributed by atoms with Gasteiger partial charge in [0.1, 0.15) is 12.1 Å². The summed E-state index contributed by atoms with van der Waals surface area (Å²) in [6.45, 7) is -0.760. The molecule has 0 aromatic heterocycles. The van der Waals surface area contributed by atoms with Gasteiger partial charge >= 0.3 is 0 Å². The third-order valence-corrected chi connectivity index (χ3v) is 2.76. The number of nitrogens with one attached hydrogen (secondary N) is 3. The van der Waals surface area contributed by atoms with Gasteiger partial charge in [0.05, 0.1) is 18.9 Å². The van der Waals surface area contributed by atoms with Crippen LogP contribution in [0.1, 0.15) is 19.3 Å². The summed E-state index contributed by atoms with van der Waals surface area (Å²) in [5.74, 6) is -4.18. The highest BCUT2D eigenvalue weighted by Crippen LogP contribution is 2.07. The maximum Gasteiger partial charge on any atom is 0.243 e. The minimum atomic E-state index is -1.52. The number of hydrogen-bond donors (Lipinski definition) is 4. The summed E-state index contributed by atoms with van der Waals surface area (Å²) in [4.78, 5) is 55.7. The average Bonchev–Trinajstić information content (AvgIpc) is 2.81. The summed E-state index contributed by atoms with van der Waals surface area (Å²) < 4.78 is 0. The zero-order valence-electron chi connectivity index (χ0n) is 11.0. The molecule has 4 amide bonds. The lowest BCUT2D eigenvalue weighted by atomic mass is 10.1. The van der Waals surface area contributed by atoms with Crippen LogP contribution < -0.4 is 26.8 Å². The van der Waals surface area contributed by atoms with Crippen LogP contribution in [0.2, 0.25) is 0 Å². The number of rotatable bonds is 7. The molecule has 116 valence electrons. The lowest BCUT2D eigenvalue weighted by molar-refractivity contribution is -0.304. The molecule has 21 heavy (non-hydrogen) atoms. The fourth-order valence-electron chi connectivity index (χ4n) is 1.78. The number of primary amides is 1. The smallest absolute Gasteiger partial charge is 0.243 e. The van der Waals surface area contributed by atoms with Crippen molar-refractivity contribution in [1.29, 1.82) is 0 Å². The Bertz CT molecular complexity index is 477. The summed E-state index contributed by atoms with van der Waals surface area (Å²) in [6, 6.07) is -2.10. The zero-order chi connectivity index (χ0) is 16.0. The normalized spacial score (nSPS) is 18.5. The quantitative estimate of drug-likeness (QED) is 0.369. The number of aliphatic carboxylic acids is 1. The predicted octanol–water partition coefficient (Wildman–Crippen LogP) is -4.51. The van der Waals surface area contributed by atoms with E-state index in [9.17, 15) is 29.1 Å². The van der Waals surface area contributed by atoms with Crippen LogP contribution in [0.4, 0.5) is 0 Å². The Morgan fingerprint density at radius 1 is 1.38 bits per heavy atom. The van der Waals surface area contributed by atoms with E-state index in [1.54, 1.807) is 0 Å². The predicted molar refractivity (Wildman–Crippen MR) is 64.9 cm³/mol. The molecular formula is C11H15N4O6-. The van der Waals surface area contributed by atoms with E-state index in [4.69, 9.17) is 5.73 Å². The van der Waals surface area contributed by atoms with Gasteiger partial charge in [0.25, 0.3) is 0 Å². The Balaban J connectivity index is 2.62. The first kappa shape index (κ1) is 16.4. The third-order valence-electron chi connectivity index (χ3n) is 2.76. The topological polar surface area (TPSA) is 171 Å². The van der Waals surface area contributed by atoms with Crippen LogP contribution in [0, 0.1) is 0 Å². The monoisotopic (exact) mass is 299 g/mol. The minimum Gasteiger partial charge on any atom is -0.548 e. The minimum absolute atomic E-state index is 0.190. The molecule has 0 aromatic rings. The highest BCUT2D eigenvalue weighted by molar-refractivity contribution is 5.96. The van der Waals surface area contributed by atoms with Gasteiger partial charge < -0.3 is 31.6 Å². The van der Waals surface area contributed by atoms with E-state index in [0.29, 0.717) is 0 Å². The number of carbonyl (C=O) groups excluding carboxylic acids is 5. The van der Waals surface area contributed by atoms with Crippen LogP contribution in [0.25, 0.3) is 0 Å². The second-order valence-corrected chi connectivity index (χ2v) is 4.48. The number of nitrogens with two attached hydrogens (primary N) is 1.